The van der Waals surface area contributed by atoms with Gasteiger partial charge in [0, 0.05) is 17.2 Å². The Bertz CT molecular complexity index is 687. The lowest BCUT2D eigenvalue weighted by Gasteiger charge is -2.14. The average molecular weight is 290 g/mol. The standard InChI is InChI=1S/C15H15FN2O3/c1-9-7-15(12(16)8-13(9)18(19)20)21-14-6-4-3-5-11(14)10(2)17/h3-8,10H,17H2,1-2H3. The SMILES string of the molecule is Cc1cc(Oc2ccccc2C(C)N)c(F)cc1[N+](=O)[O-]. The van der Waals surface area contributed by atoms with E-state index in [2.05, 4.69) is 0 Å². The van der Waals surface area contributed by atoms with Crippen molar-refractivity contribution in [3.05, 3.63) is 63.5 Å². The lowest BCUT2D eigenvalue weighted by Crippen LogP contribution is -2.06. The van der Waals surface area contributed by atoms with E-state index in [9.17, 15) is 14.5 Å². The maximum atomic E-state index is 13.9. The highest BCUT2D eigenvalue weighted by Crippen LogP contribution is 2.33. The molecule has 0 aromatic heterocycles. The molecule has 0 aliphatic rings. The van der Waals surface area contributed by atoms with Gasteiger partial charge in [-0.1, -0.05) is 18.2 Å². The Labute approximate surface area is 121 Å². The van der Waals surface area contributed by atoms with Crippen LogP contribution in [0.3, 0.4) is 0 Å². The molecule has 6 heteroatoms. The van der Waals surface area contributed by atoms with Crippen molar-refractivity contribution in [2.75, 3.05) is 0 Å². The normalized spacial score (nSPS) is 12.0. The molecule has 0 saturated heterocycles. The second kappa shape index (κ2) is 5.88. The Morgan fingerprint density at radius 2 is 1.95 bits per heavy atom. The highest BCUT2D eigenvalue weighted by atomic mass is 19.1. The largest absolute Gasteiger partial charge is 0.454 e. The first-order valence-electron chi connectivity index (χ1n) is 6.37. The minimum atomic E-state index is -0.785. The number of para-hydroxylation sites is 1. The number of nitro groups is 1. The van der Waals surface area contributed by atoms with Gasteiger partial charge < -0.3 is 10.5 Å². The maximum Gasteiger partial charge on any atom is 0.275 e. The van der Waals surface area contributed by atoms with Crippen molar-refractivity contribution in [3.63, 3.8) is 0 Å². The zero-order chi connectivity index (χ0) is 15.6. The molecular weight excluding hydrogens is 275 g/mol. The lowest BCUT2D eigenvalue weighted by atomic mass is 10.1. The van der Waals surface area contributed by atoms with Crippen molar-refractivity contribution in [3.8, 4) is 11.5 Å². The van der Waals surface area contributed by atoms with Crippen LogP contribution in [0.15, 0.2) is 36.4 Å². The third-order valence-electron chi connectivity index (χ3n) is 3.08. The minimum absolute atomic E-state index is 0.0637. The summed E-state index contributed by atoms with van der Waals surface area (Å²) in [5.74, 6) is -0.419. The summed E-state index contributed by atoms with van der Waals surface area (Å²) < 4.78 is 19.5. The number of hydrogen-bond donors (Lipinski definition) is 1. The van der Waals surface area contributed by atoms with E-state index >= 15 is 0 Å². The Morgan fingerprint density at radius 1 is 1.29 bits per heavy atom. The van der Waals surface area contributed by atoms with Crippen LogP contribution in [0.2, 0.25) is 0 Å². The van der Waals surface area contributed by atoms with Crippen molar-refractivity contribution in [2.24, 2.45) is 5.73 Å². The first kappa shape index (κ1) is 14.9. The van der Waals surface area contributed by atoms with Crippen molar-refractivity contribution in [1.82, 2.24) is 0 Å². The highest BCUT2D eigenvalue weighted by molar-refractivity contribution is 5.47. The first-order valence-corrected chi connectivity index (χ1v) is 6.37. The van der Waals surface area contributed by atoms with Gasteiger partial charge in [0.05, 0.1) is 11.0 Å². The summed E-state index contributed by atoms with van der Waals surface area (Å²) in [4.78, 5) is 10.1. The number of halogens is 1. The third kappa shape index (κ3) is 3.17. The van der Waals surface area contributed by atoms with Gasteiger partial charge in [-0.05, 0) is 26.0 Å². The smallest absolute Gasteiger partial charge is 0.275 e. The Balaban J connectivity index is 2.41. The van der Waals surface area contributed by atoms with Gasteiger partial charge in [0.1, 0.15) is 5.75 Å². The number of aryl methyl sites for hydroxylation is 1. The Morgan fingerprint density at radius 3 is 2.57 bits per heavy atom. The molecule has 2 rings (SSSR count). The molecule has 0 radical (unpaired) electrons. The van der Waals surface area contributed by atoms with Gasteiger partial charge in [-0.2, -0.15) is 0 Å². The van der Waals surface area contributed by atoms with Crippen LogP contribution in [0.25, 0.3) is 0 Å². The van der Waals surface area contributed by atoms with Gasteiger partial charge in [0.15, 0.2) is 11.6 Å². The monoisotopic (exact) mass is 290 g/mol. The fourth-order valence-electron chi connectivity index (χ4n) is 1.99. The zero-order valence-corrected chi connectivity index (χ0v) is 11.7. The highest BCUT2D eigenvalue weighted by Gasteiger charge is 2.18. The minimum Gasteiger partial charge on any atom is -0.454 e. The number of nitrogens with two attached hydrogens (primary N) is 1. The molecule has 21 heavy (non-hydrogen) atoms. The fourth-order valence-corrected chi connectivity index (χ4v) is 1.99. The molecule has 0 saturated carbocycles. The summed E-state index contributed by atoms with van der Waals surface area (Å²) >= 11 is 0. The van der Waals surface area contributed by atoms with Crippen LogP contribution in [0, 0.1) is 22.9 Å². The van der Waals surface area contributed by atoms with Crippen LogP contribution >= 0.6 is 0 Å². The molecular formula is C15H15FN2O3. The quantitative estimate of drug-likeness (QED) is 0.685. The predicted octanol–water partition coefficient (Wildman–Crippen LogP) is 3.85. The molecule has 110 valence electrons. The van der Waals surface area contributed by atoms with Crippen LogP contribution in [0.4, 0.5) is 10.1 Å². The van der Waals surface area contributed by atoms with E-state index in [4.69, 9.17) is 10.5 Å². The zero-order valence-electron chi connectivity index (χ0n) is 11.7. The van der Waals surface area contributed by atoms with Crippen LogP contribution < -0.4 is 10.5 Å². The number of nitro benzene ring substituents is 1. The molecule has 2 aromatic rings. The van der Waals surface area contributed by atoms with Gasteiger partial charge in [0.2, 0.25) is 0 Å². The van der Waals surface area contributed by atoms with E-state index in [1.165, 1.54) is 13.0 Å². The summed E-state index contributed by atoms with van der Waals surface area (Å²) in [5.41, 5.74) is 6.62. The third-order valence-corrected chi connectivity index (χ3v) is 3.08. The molecule has 0 bridgehead atoms. The molecule has 2 aromatic carbocycles. The first-order chi connectivity index (χ1) is 9.90. The van der Waals surface area contributed by atoms with Crippen LogP contribution in [0.1, 0.15) is 24.1 Å². The van der Waals surface area contributed by atoms with Crippen LogP contribution in [-0.2, 0) is 0 Å². The second-order valence-electron chi connectivity index (χ2n) is 4.75. The van der Waals surface area contributed by atoms with E-state index < -0.39 is 10.7 Å². The van der Waals surface area contributed by atoms with Crippen molar-refractivity contribution < 1.29 is 14.1 Å². The molecule has 1 unspecified atom stereocenters. The van der Waals surface area contributed by atoms with Gasteiger partial charge in [-0.25, -0.2) is 4.39 Å². The van der Waals surface area contributed by atoms with Gasteiger partial charge >= 0.3 is 0 Å². The lowest BCUT2D eigenvalue weighted by molar-refractivity contribution is -0.385. The van der Waals surface area contributed by atoms with Crippen molar-refractivity contribution in [2.45, 2.75) is 19.9 Å². The van der Waals surface area contributed by atoms with E-state index in [1.54, 1.807) is 25.1 Å². The van der Waals surface area contributed by atoms with Gasteiger partial charge in [0.25, 0.3) is 5.69 Å². The molecule has 0 fully saturated rings. The number of rotatable bonds is 4. The van der Waals surface area contributed by atoms with Crippen molar-refractivity contribution >= 4 is 5.69 Å². The summed E-state index contributed by atoms with van der Waals surface area (Å²) in [6.07, 6.45) is 0. The van der Waals surface area contributed by atoms with Gasteiger partial charge in [-0.15, -0.1) is 0 Å². The molecule has 0 aliphatic heterocycles. The number of nitrogens with zero attached hydrogens (tertiary/aromatic N) is 1. The molecule has 0 aliphatic carbocycles. The van der Waals surface area contributed by atoms with Crippen molar-refractivity contribution in [1.29, 1.82) is 0 Å². The molecule has 0 spiro atoms. The summed E-state index contributed by atoms with van der Waals surface area (Å²) in [5, 5.41) is 10.8. The molecule has 0 heterocycles. The number of hydrogen-bond acceptors (Lipinski definition) is 4. The van der Waals surface area contributed by atoms with Crippen LogP contribution in [-0.4, -0.2) is 4.92 Å². The Hall–Kier alpha value is -2.47. The molecule has 0 amide bonds. The molecule has 2 N–H and O–H groups in total. The topological polar surface area (TPSA) is 78.4 Å². The van der Waals surface area contributed by atoms with E-state index in [0.717, 1.165) is 11.6 Å². The summed E-state index contributed by atoms with van der Waals surface area (Å²) in [6, 6.07) is 8.92. The molecule has 5 nitrogen and oxygen atoms in total. The van der Waals surface area contributed by atoms with E-state index in [0.29, 0.717) is 11.3 Å². The van der Waals surface area contributed by atoms with Gasteiger partial charge in [-0.3, -0.25) is 10.1 Å². The van der Waals surface area contributed by atoms with Crippen LogP contribution in [0.5, 0.6) is 11.5 Å². The summed E-state index contributed by atoms with van der Waals surface area (Å²) in [7, 11) is 0. The summed E-state index contributed by atoms with van der Waals surface area (Å²) in [6.45, 7) is 3.32. The second-order valence-corrected chi connectivity index (χ2v) is 4.75. The molecule has 1 atom stereocenters. The average Bonchev–Trinajstić information content (AvgIpc) is 2.42. The fraction of sp³-hybridized carbons (Fsp3) is 0.200. The number of benzene rings is 2. The van der Waals surface area contributed by atoms with E-state index in [1.807, 2.05) is 6.07 Å². The Kier molecular flexibility index (Phi) is 4.18. The predicted molar refractivity (Wildman–Crippen MR) is 76.9 cm³/mol. The number of ether oxygens (including phenoxy) is 1. The maximum absolute atomic E-state index is 13.9. The van der Waals surface area contributed by atoms with E-state index in [-0.39, 0.29) is 17.5 Å².